The van der Waals surface area contributed by atoms with E-state index in [9.17, 15) is 65.9 Å². The van der Waals surface area contributed by atoms with Gasteiger partial charge in [0, 0.05) is 0 Å². The molecule has 0 aromatic rings. The summed E-state index contributed by atoms with van der Waals surface area (Å²) in [5.74, 6) is -43.9. The van der Waals surface area contributed by atoms with Crippen LogP contribution in [0.25, 0.3) is 0 Å². The van der Waals surface area contributed by atoms with Crippen LogP contribution in [0.5, 0.6) is 0 Å². The SMILES string of the molecule is OOC(=C(F)F)C(F)(F)C(F)(F)C(F)(F)C(F)(F)C(F)(F)C(F)(F)F. The van der Waals surface area contributed by atoms with Gasteiger partial charge in [-0.25, -0.2) is 5.26 Å². The highest BCUT2D eigenvalue weighted by Crippen LogP contribution is 2.61. The van der Waals surface area contributed by atoms with Crippen LogP contribution in [-0.2, 0) is 4.89 Å². The zero-order chi connectivity index (χ0) is 20.9. The summed E-state index contributed by atoms with van der Waals surface area (Å²) in [5, 5.41) is 7.54. The molecule has 0 aromatic carbocycles. The second kappa shape index (κ2) is 6.01. The third-order valence-electron chi connectivity index (χ3n) is 2.48. The van der Waals surface area contributed by atoms with Gasteiger partial charge in [0.15, 0.2) is 0 Å². The van der Waals surface area contributed by atoms with Crippen LogP contribution in [0.1, 0.15) is 0 Å². The molecule has 150 valence electrons. The summed E-state index contributed by atoms with van der Waals surface area (Å²) in [6, 6.07) is 0. The molecule has 0 aliphatic rings. The highest BCUT2D eigenvalue weighted by Gasteiger charge is 2.91. The number of allylic oxidation sites excluding steroid dienone is 1. The minimum absolute atomic E-state index is 1.94. The molecule has 0 aliphatic heterocycles. The van der Waals surface area contributed by atoms with Gasteiger partial charge in [-0.15, -0.1) is 0 Å². The van der Waals surface area contributed by atoms with E-state index in [0.717, 1.165) is 0 Å². The van der Waals surface area contributed by atoms with Gasteiger partial charge in [-0.05, 0) is 0 Å². The van der Waals surface area contributed by atoms with Crippen LogP contribution in [0.15, 0.2) is 11.8 Å². The monoisotopic (exact) mass is 414 g/mol. The van der Waals surface area contributed by atoms with E-state index in [4.69, 9.17) is 5.26 Å². The van der Waals surface area contributed by atoms with E-state index in [0.29, 0.717) is 0 Å². The molecule has 0 aliphatic carbocycles. The van der Waals surface area contributed by atoms with Crippen molar-refractivity contribution in [2.24, 2.45) is 0 Å². The Morgan fingerprint density at radius 2 is 0.880 bits per heavy atom. The number of hydrogen-bond acceptors (Lipinski definition) is 2. The molecule has 0 unspecified atom stereocenters. The standard InChI is InChI=1S/C8HF15O2/c9-2(10)1(25-24)3(11,12)4(13,14)5(15,16)6(17,18)7(19,20)8(21,22)23/h24H. The summed E-state index contributed by atoms with van der Waals surface area (Å²) in [4.78, 5) is 1.94. The van der Waals surface area contributed by atoms with Crippen molar-refractivity contribution in [1.29, 1.82) is 0 Å². The van der Waals surface area contributed by atoms with E-state index in [1.54, 1.807) is 0 Å². The predicted octanol–water partition coefficient (Wildman–Crippen LogP) is 5.32. The normalized spacial score (nSPS) is 15.2. The van der Waals surface area contributed by atoms with Crippen molar-refractivity contribution in [3.8, 4) is 0 Å². The fraction of sp³-hybridized carbons (Fsp3) is 0.750. The topological polar surface area (TPSA) is 29.5 Å². The summed E-state index contributed by atoms with van der Waals surface area (Å²) in [5.41, 5.74) is 0. The minimum atomic E-state index is -8.26. The van der Waals surface area contributed by atoms with E-state index in [-0.39, 0.29) is 0 Å². The summed E-state index contributed by atoms with van der Waals surface area (Å²) in [7, 11) is 0. The van der Waals surface area contributed by atoms with Gasteiger partial charge >= 0.3 is 41.9 Å². The lowest BCUT2D eigenvalue weighted by atomic mass is 9.93. The first kappa shape index (κ1) is 23.4. The van der Waals surface area contributed by atoms with E-state index in [1.807, 2.05) is 4.89 Å². The third-order valence-corrected chi connectivity index (χ3v) is 2.48. The van der Waals surface area contributed by atoms with Crippen molar-refractivity contribution >= 4 is 0 Å². The maximum Gasteiger partial charge on any atom is 0.460 e. The van der Waals surface area contributed by atoms with Crippen LogP contribution in [0.3, 0.4) is 0 Å². The largest absolute Gasteiger partial charge is 0.460 e. The van der Waals surface area contributed by atoms with Gasteiger partial charge in [0.25, 0.3) is 5.76 Å². The Morgan fingerprint density at radius 1 is 0.560 bits per heavy atom. The summed E-state index contributed by atoms with van der Waals surface area (Å²) in [6.07, 6.45) is -11.8. The van der Waals surface area contributed by atoms with Crippen LogP contribution in [-0.4, -0.2) is 41.0 Å². The Balaban J connectivity index is 6.54. The van der Waals surface area contributed by atoms with Gasteiger partial charge in [0.05, 0.1) is 0 Å². The van der Waals surface area contributed by atoms with Gasteiger partial charge in [0.1, 0.15) is 0 Å². The Morgan fingerprint density at radius 3 is 1.12 bits per heavy atom. The van der Waals surface area contributed by atoms with Gasteiger partial charge < -0.3 is 4.89 Å². The first-order valence-corrected chi connectivity index (χ1v) is 4.97. The Bertz CT molecular complexity index is 526. The van der Waals surface area contributed by atoms with Crippen LogP contribution in [0, 0.1) is 0 Å². The second-order valence-corrected chi connectivity index (χ2v) is 4.05. The molecule has 0 bridgehead atoms. The van der Waals surface area contributed by atoms with Gasteiger partial charge in [-0.3, -0.25) is 0 Å². The molecule has 0 amide bonds. The summed E-state index contributed by atoms with van der Waals surface area (Å²) >= 11 is 0. The molecule has 2 nitrogen and oxygen atoms in total. The lowest BCUT2D eigenvalue weighted by molar-refractivity contribution is -0.441. The first-order chi connectivity index (χ1) is 10.6. The van der Waals surface area contributed by atoms with Crippen LogP contribution in [0.4, 0.5) is 65.9 Å². The molecule has 0 aromatic heterocycles. The Labute approximate surface area is 125 Å². The maximum atomic E-state index is 13.0. The summed E-state index contributed by atoms with van der Waals surface area (Å²) in [6.45, 7) is 0. The lowest BCUT2D eigenvalue weighted by Crippen LogP contribution is -2.70. The first-order valence-electron chi connectivity index (χ1n) is 4.97. The molecule has 0 rings (SSSR count). The maximum absolute atomic E-state index is 13.0. The van der Waals surface area contributed by atoms with Crippen molar-refractivity contribution < 1.29 is 76.0 Å². The zero-order valence-corrected chi connectivity index (χ0v) is 10.5. The number of rotatable bonds is 6. The van der Waals surface area contributed by atoms with Gasteiger partial charge in [-0.1, -0.05) is 0 Å². The average molecular weight is 414 g/mol. The van der Waals surface area contributed by atoms with Crippen molar-refractivity contribution in [1.82, 2.24) is 0 Å². The number of alkyl halides is 13. The Kier molecular flexibility index (Phi) is 5.64. The fourth-order valence-corrected chi connectivity index (χ4v) is 1.12. The molecule has 0 fully saturated rings. The Hall–Kier alpha value is -1.55. The molecule has 0 heterocycles. The van der Waals surface area contributed by atoms with Crippen molar-refractivity contribution in [2.45, 2.75) is 35.8 Å². The average Bonchev–Trinajstić information content (AvgIpc) is 2.36. The minimum Gasteiger partial charge on any atom is -0.332 e. The number of hydrogen-bond donors (Lipinski definition) is 1. The van der Waals surface area contributed by atoms with Gasteiger partial charge in [-0.2, -0.15) is 65.9 Å². The van der Waals surface area contributed by atoms with Crippen molar-refractivity contribution in [3.05, 3.63) is 11.8 Å². The van der Waals surface area contributed by atoms with Crippen LogP contribution >= 0.6 is 0 Å². The van der Waals surface area contributed by atoms with Crippen molar-refractivity contribution in [2.75, 3.05) is 0 Å². The van der Waals surface area contributed by atoms with E-state index < -0.39 is 47.6 Å². The van der Waals surface area contributed by atoms with Crippen LogP contribution < -0.4 is 0 Å². The molecule has 0 saturated heterocycles. The van der Waals surface area contributed by atoms with Gasteiger partial charge in [0.2, 0.25) is 0 Å². The number of halogens is 15. The molecule has 17 heteroatoms. The smallest absolute Gasteiger partial charge is 0.332 e. The predicted molar refractivity (Wildman–Crippen MR) is 43.7 cm³/mol. The zero-order valence-electron chi connectivity index (χ0n) is 10.5. The van der Waals surface area contributed by atoms with E-state index >= 15 is 0 Å². The molecule has 0 radical (unpaired) electrons. The van der Waals surface area contributed by atoms with E-state index in [2.05, 4.69) is 0 Å². The molecule has 0 spiro atoms. The van der Waals surface area contributed by atoms with Crippen LogP contribution in [0.2, 0.25) is 0 Å². The molecule has 1 N–H and O–H groups in total. The second-order valence-electron chi connectivity index (χ2n) is 4.05. The molecule has 25 heavy (non-hydrogen) atoms. The van der Waals surface area contributed by atoms with E-state index in [1.165, 1.54) is 0 Å². The quantitative estimate of drug-likeness (QED) is 0.276. The molecule has 0 saturated carbocycles. The highest BCUT2D eigenvalue weighted by atomic mass is 19.4. The fourth-order valence-electron chi connectivity index (χ4n) is 1.12. The lowest BCUT2D eigenvalue weighted by Gasteiger charge is -2.39. The molecular formula is C8HF15O2. The molecule has 0 atom stereocenters. The van der Waals surface area contributed by atoms with Crippen molar-refractivity contribution in [3.63, 3.8) is 0 Å². The highest BCUT2D eigenvalue weighted by molar-refractivity contribution is 5.19. The molecular weight excluding hydrogens is 413 g/mol. The third kappa shape index (κ3) is 3.05. The summed E-state index contributed by atoms with van der Waals surface area (Å²) < 4.78 is 187.